The molecule has 0 aliphatic carbocycles. The third-order valence-electron chi connectivity index (χ3n) is 5.30. The largest absolute Gasteiger partial charge is 0.466 e. The molecule has 0 unspecified atom stereocenters. The van der Waals surface area contributed by atoms with E-state index in [4.69, 9.17) is 4.74 Å². The van der Waals surface area contributed by atoms with Crippen LogP contribution in [0.4, 0.5) is 4.39 Å². The lowest BCUT2D eigenvalue weighted by atomic mass is 10.0. The lowest BCUT2D eigenvalue weighted by molar-refractivity contribution is -0.145. The Hall–Kier alpha value is -2.96. The van der Waals surface area contributed by atoms with Gasteiger partial charge in [-0.3, -0.25) is 4.79 Å². The van der Waals surface area contributed by atoms with Crippen LogP contribution >= 0.6 is 0 Å². The molecule has 6 heteroatoms. The number of benzene rings is 2. The zero-order chi connectivity index (χ0) is 23.3. The number of aliphatic hydroxyl groups is 2. The van der Waals surface area contributed by atoms with Crippen LogP contribution in [0.25, 0.3) is 28.1 Å². The van der Waals surface area contributed by atoms with Gasteiger partial charge in [-0.2, -0.15) is 0 Å². The van der Waals surface area contributed by atoms with Crippen LogP contribution in [0.1, 0.15) is 45.3 Å². The van der Waals surface area contributed by atoms with Gasteiger partial charge in [0.15, 0.2) is 0 Å². The van der Waals surface area contributed by atoms with E-state index in [9.17, 15) is 19.4 Å². The molecule has 0 spiro atoms. The molecule has 0 radical (unpaired) electrons. The molecule has 3 aromatic rings. The molecular weight excluding hydrogens is 409 g/mol. The first kappa shape index (κ1) is 23.7. The van der Waals surface area contributed by atoms with Crippen molar-refractivity contribution in [3.63, 3.8) is 0 Å². The minimum absolute atomic E-state index is 0.0170. The Kier molecular flexibility index (Phi) is 7.83. The normalized spacial score (nSPS) is 13.7. The minimum atomic E-state index is -0.999. The zero-order valence-electron chi connectivity index (χ0n) is 18.7. The average molecular weight is 440 g/mol. The van der Waals surface area contributed by atoms with E-state index in [0.29, 0.717) is 0 Å². The number of fused-ring (bicyclic) bond motifs is 1. The summed E-state index contributed by atoms with van der Waals surface area (Å²) in [5.41, 5.74) is 3.74. The minimum Gasteiger partial charge on any atom is -0.466 e. The molecule has 0 bridgehead atoms. The molecule has 1 aromatic heterocycles. The summed E-state index contributed by atoms with van der Waals surface area (Å²) in [5.74, 6) is -0.792. The zero-order valence-corrected chi connectivity index (χ0v) is 18.7. The van der Waals surface area contributed by atoms with Gasteiger partial charge in [0.2, 0.25) is 0 Å². The van der Waals surface area contributed by atoms with Crippen molar-refractivity contribution in [3.8, 4) is 11.1 Å². The second kappa shape index (κ2) is 10.6. The van der Waals surface area contributed by atoms with E-state index in [0.717, 1.165) is 27.7 Å². The first-order chi connectivity index (χ1) is 15.3. The number of hydrogen-bond donors (Lipinski definition) is 2. The molecular formula is C26H30FNO4. The summed E-state index contributed by atoms with van der Waals surface area (Å²) in [6.07, 6.45) is 1.37. The van der Waals surface area contributed by atoms with E-state index in [2.05, 4.69) is 18.4 Å². The third-order valence-corrected chi connectivity index (χ3v) is 5.30. The van der Waals surface area contributed by atoms with Gasteiger partial charge >= 0.3 is 5.97 Å². The van der Waals surface area contributed by atoms with Gasteiger partial charge in [-0.25, -0.2) is 4.39 Å². The molecule has 0 aliphatic heterocycles. The molecule has 2 N–H and O–H groups in total. The highest BCUT2D eigenvalue weighted by molar-refractivity contribution is 6.01. The van der Waals surface area contributed by atoms with Gasteiger partial charge in [-0.1, -0.05) is 36.4 Å². The number of nitrogens with zero attached hydrogens (tertiary/aromatic N) is 1. The predicted octanol–water partition coefficient (Wildman–Crippen LogP) is 5.11. The van der Waals surface area contributed by atoms with Crippen LogP contribution in [-0.2, 0) is 9.53 Å². The van der Waals surface area contributed by atoms with Crippen molar-refractivity contribution < 1.29 is 24.1 Å². The smallest absolute Gasteiger partial charge is 0.308 e. The van der Waals surface area contributed by atoms with Gasteiger partial charge in [0, 0.05) is 34.6 Å². The van der Waals surface area contributed by atoms with Gasteiger partial charge < -0.3 is 19.5 Å². The summed E-state index contributed by atoms with van der Waals surface area (Å²) < 4.78 is 20.6. The number of aliphatic hydroxyl groups excluding tert-OH is 2. The van der Waals surface area contributed by atoms with Crippen LogP contribution in [0.3, 0.4) is 0 Å². The summed E-state index contributed by atoms with van der Waals surface area (Å²) in [7, 11) is 0. The fourth-order valence-electron chi connectivity index (χ4n) is 3.98. The van der Waals surface area contributed by atoms with E-state index in [1.54, 1.807) is 25.1 Å². The summed E-state index contributed by atoms with van der Waals surface area (Å²) in [5, 5.41) is 21.6. The molecule has 2 atom stereocenters. The van der Waals surface area contributed by atoms with E-state index in [1.807, 2.05) is 30.3 Å². The lowest BCUT2D eigenvalue weighted by Crippen LogP contribution is -2.20. The van der Waals surface area contributed by atoms with Crippen LogP contribution < -0.4 is 0 Å². The summed E-state index contributed by atoms with van der Waals surface area (Å²) in [6, 6.07) is 14.5. The Labute approximate surface area is 187 Å². The fourth-order valence-corrected chi connectivity index (χ4v) is 3.98. The van der Waals surface area contributed by atoms with Gasteiger partial charge in [-0.05, 0) is 50.6 Å². The predicted molar refractivity (Wildman–Crippen MR) is 125 cm³/mol. The van der Waals surface area contributed by atoms with Crippen LogP contribution in [0.15, 0.2) is 54.6 Å². The standard InChI is InChI=1S/C26H30FNO4/c1-4-32-25(31)16-21(30)15-20(29)13-14-24-26(18-9-11-19(27)12-10-18)22-7-5-6-8-23(22)28(24)17(2)3/h5-14,17,20-21,29-30H,4,15-16H2,1-3H3/b14-13+/t20-,21-/m0/s1. The molecule has 0 saturated heterocycles. The number of rotatable bonds is 9. The van der Waals surface area contributed by atoms with Crippen molar-refractivity contribution in [2.24, 2.45) is 0 Å². The highest BCUT2D eigenvalue weighted by atomic mass is 19.1. The third kappa shape index (κ3) is 5.44. The number of ether oxygens (including phenoxy) is 1. The van der Waals surface area contributed by atoms with Crippen molar-refractivity contribution >= 4 is 22.9 Å². The second-order valence-electron chi connectivity index (χ2n) is 8.07. The topological polar surface area (TPSA) is 71.7 Å². The van der Waals surface area contributed by atoms with Crippen LogP contribution in [0, 0.1) is 5.82 Å². The van der Waals surface area contributed by atoms with Crippen molar-refractivity contribution in [1.82, 2.24) is 4.57 Å². The molecule has 3 rings (SSSR count). The Balaban J connectivity index is 1.97. The van der Waals surface area contributed by atoms with Crippen molar-refractivity contribution in [2.45, 2.75) is 51.9 Å². The summed E-state index contributed by atoms with van der Waals surface area (Å²) in [6.45, 7) is 6.11. The quantitative estimate of drug-likeness (QED) is 0.455. The Morgan fingerprint density at radius 2 is 1.81 bits per heavy atom. The highest BCUT2D eigenvalue weighted by Gasteiger charge is 2.19. The molecule has 0 saturated carbocycles. The molecule has 5 nitrogen and oxygen atoms in total. The molecule has 1 heterocycles. The molecule has 0 amide bonds. The van der Waals surface area contributed by atoms with E-state index < -0.39 is 18.2 Å². The molecule has 32 heavy (non-hydrogen) atoms. The maximum absolute atomic E-state index is 13.6. The number of carbonyl (C=O) groups is 1. The van der Waals surface area contributed by atoms with Gasteiger partial charge in [-0.15, -0.1) is 0 Å². The number of esters is 1. The van der Waals surface area contributed by atoms with E-state index in [-0.39, 0.29) is 31.3 Å². The maximum atomic E-state index is 13.6. The average Bonchev–Trinajstić information content (AvgIpc) is 3.07. The number of halogens is 1. The maximum Gasteiger partial charge on any atom is 0.308 e. The Morgan fingerprint density at radius 3 is 2.47 bits per heavy atom. The van der Waals surface area contributed by atoms with E-state index >= 15 is 0 Å². The summed E-state index contributed by atoms with van der Waals surface area (Å²) >= 11 is 0. The first-order valence-corrected chi connectivity index (χ1v) is 10.9. The Morgan fingerprint density at radius 1 is 1.12 bits per heavy atom. The Bertz CT molecular complexity index is 1090. The SMILES string of the molecule is CCOC(=O)C[C@@H](O)C[C@@H](O)/C=C/c1c(-c2ccc(F)cc2)c2ccccc2n1C(C)C. The van der Waals surface area contributed by atoms with Crippen LogP contribution in [0.2, 0.25) is 0 Å². The summed E-state index contributed by atoms with van der Waals surface area (Å²) in [4.78, 5) is 11.5. The first-order valence-electron chi connectivity index (χ1n) is 10.9. The number of hydrogen-bond acceptors (Lipinski definition) is 4. The molecule has 0 aliphatic rings. The monoisotopic (exact) mass is 439 g/mol. The fraction of sp³-hybridized carbons (Fsp3) is 0.346. The van der Waals surface area contributed by atoms with Gasteiger partial charge in [0.25, 0.3) is 0 Å². The number of para-hydroxylation sites is 1. The van der Waals surface area contributed by atoms with Crippen LogP contribution in [0.5, 0.6) is 0 Å². The highest BCUT2D eigenvalue weighted by Crippen LogP contribution is 2.38. The van der Waals surface area contributed by atoms with Crippen LogP contribution in [-0.4, -0.2) is 39.6 Å². The lowest BCUT2D eigenvalue weighted by Gasteiger charge is -2.15. The molecule has 2 aromatic carbocycles. The van der Waals surface area contributed by atoms with Crippen molar-refractivity contribution in [3.05, 3.63) is 66.1 Å². The number of carbonyl (C=O) groups excluding carboxylic acids is 1. The van der Waals surface area contributed by atoms with Gasteiger partial charge in [0.05, 0.1) is 25.2 Å². The van der Waals surface area contributed by atoms with Crippen molar-refractivity contribution in [1.29, 1.82) is 0 Å². The molecule has 0 fully saturated rings. The number of aromatic nitrogens is 1. The van der Waals surface area contributed by atoms with Crippen molar-refractivity contribution in [2.75, 3.05) is 6.61 Å². The van der Waals surface area contributed by atoms with E-state index in [1.165, 1.54) is 12.1 Å². The van der Waals surface area contributed by atoms with Gasteiger partial charge in [0.1, 0.15) is 5.82 Å². The molecule has 170 valence electrons. The second-order valence-corrected chi connectivity index (χ2v) is 8.07.